The fourth-order valence-corrected chi connectivity index (χ4v) is 11.0. The molecule has 0 spiro atoms. The highest BCUT2D eigenvalue weighted by Gasteiger charge is 2.29. The van der Waals surface area contributed by atoms with E-state index in [-0.39, 0.29) is 19.3 Å². The molecular formula is C75H130O16P2. The largest absolute Gasteiger partial charge is 0.472 e. The van der Waals surface area contributed by atoms with Crippen LogP contribution < -0.4 is 0 Å². The molecule has 4 N–H and O–H groups in total. The van der Waals surface area contributed by atoms with Crippen LogP contribution in [0.25, 0.3) is 0 Å². The summed E-state index contributed by atoms with van der Waals surface area (Å²) in [5.41, 5.74) is 0. The second-order valence-corrected chi connectivity index (χ2v) is 26.9. The van der Waals surface area contributed by atoms with Crippen molar-refractivity contribution in [1.82, 2.24) is 0 Å². The summed E-state index contributed by atoms with van der Waals surface area (Å²) >= 11 is 0. The first-order chi connectivity index (χ1) is 45.2. The van der Waals surface area contributed by atoms with Gasteiger partial charge < -0.3 is 34.2 Å². The summed E-state index contributed by atoms with van der Waals surface area (Å²) in [6.07, 6.45) is 77.3. The molecule has 0 aromatic rings. The lowest BCUT2D eigenvalue weighted by molar-refractivity contribution is -0.161. The van der Waals surface area contributed by atoms with Gasteiger partial charge in [-0.05, 0) is 122 Å². The van der Waals surface area contributed by atoms with Crippen LogP contribution in [-0.4, -0.2) is 95.9 Å². The van der Waals surface area contributed by atoms with Crippen LogP contribution in [0.5, 0.6) is 0 Å². The molecular weight excluding hydrogens is 1220 g/mol. The summed E-state index contributed by atoms with van der Waals surface area (Å²) in [4.78, 5) is 58.3. The van der Waals surface area contributed by atoms with Crippen LogP contribution in [0.15, 0.2) is 109 Å². The predicted octanol–water partition coefficient (Wildman–Crippen LogP) is 20.4. The minimum Gasteiger partial charge on any atom is -0.463 e. The van der Waals surface area contributed by atoms with Crippen molar-refractivity contribution in [2.24, 2.45) is 0 Å². The Labute approximate surface area is 564 Å². The summed E-state index contributed by atoms with van der Waals surface area (Å²) in [5.74, 6) is -1.60. The molecule has 0 bridgehead atoms. The van der Waals surface area contributed by atoms with Gasteiger partial charge in [0.2, 0.25) is 0 Å². The maximum Gasteiger partial charge on any atom is 0.472 e. The molecule has 0 amide bonds. The van der Waals surface area contributed by atoms with Gasteiger partial charge in [-0.1, -0.05) is 259 Å². The molecule has 0 aliphatic carbocycles. The summed E-state index contributed by atoms with van der Waals surface area (Å²) < 4.78 is 60.8. The monoisotopic (exact) mass is 1350 g/mol. The van der Waals surface area contributed by atoms with Crippen molar-refractivity contribution in [3.63, 3.8) is 0 Å². The van der Waals surface area contributed by atoms with E-state index in [2.05, 4.69) is 130 Å². The highest BCUT2D eigenvalue weighted by molar-refractivity contribution is 7.47. The number of esters is 3. The third kappa shape index (κ3) is 69.4. The van der Waals surface area contributed by atoms with Gasteiger partial charge in [-0.3, -0.25) is 32.5 Å². The Morgan fingerprint density at radius 2 is 0.581 bits per heavy atom. The molecule has 93 heavy (non-hydrogen) atoms. The maximum atomic E-state index is 12.9. The number of phosphoric acid groups is 2. The van der Waals surface area contributed by atoms with Gasteiger partial charge in [-0.2, -0.15) is 0 Å². The normalized spacial score (nSPS) is 14.8. The molecule has 16 nitrogen and oxygen atoms in total. The van der Waals surface area contributed by atoms with Crippen LogP contribution in [-0.2, 0) is 55.8 Å². The molecule has 0 fully saturated rings. The minimum absolute atomic E-state index is 0.0911. The molecule has 0 aromatic carbocycles. The number of phosphoric ester groups is 2. The molecule has 0 aromatic heterocycles. The van der Waals surface area contributed by atoms with Crippen LogP contribution in [0, 0.1) is 0 Å². The molecule has 0 aliphatic heterocycles. The van der Waals surface area contributed by atoms with Crippen molar-refractivity contribution in [2.75, 3.05) is 39.6 Å². The maximum absolute atomic E-state index is 12.9. The fourth-order valence-electron chi connectivity index (χ4n) is 9.41. The highest BCUT2D eigenvalue weighted by atomic mass is 31.2. The zero-order valence-electron chi connectivity index (χ0n) is 58.1. The second kappa shape index (κ2) is 68.2. The van der Waals surface area contributed by atoms with Gasteiger partial charge in [-0.15, -0.1) is 0 Å². The van der Waals surface area contributed by atoms with Crippen molar-refractivity contribution in [3.8, 4) is 0 Å². The summed E-state index contributed by atoms with van der Waals surface area (Å²) in [7, 11) is -9.78. The van der Waals surface area contributed by atoms with E-state index in [4.69, 9.17) is 32.3 Å². The Hall–Kier alpha value is -3.79. The van der Waals surface area contributed by atoms with Gasteiger partial charge in [-0.25, -0.2) is 9.13 Å². The molecule has 0 saturated heterocycles. The van der Waals surface area contributed by atoms with Crippen LogP contribution in [0.3, 0.4) is 0 Å². The fraction of sp³-hybridized carbons (Fsp3) is 0.720. The molecule has 536 valence electrons. The molecule has 5 atom stereocenters. The lowest BCUT2D eigenvalue weighted by Crippen LogP contribution is -2.30. The molecule has 5 unspecified atom stereocenters. The number of hydrogen-bond acceptors (Lipinski definition) is 14. The summed E-state index contributed by atoms with van der Waals surface area (Å²) in [5, 5.41) is 20.6. The van der Waals surface area contributed by atoms with E-state index in [0.717, 1.165) is 148 Å². The van der Waals surface area contributed by atoms with Crippen molar-refractivity contribution in [3.05, 3.63) is 109 Å². The van der Waals surface area contributed by atoms with Gasteiger partial charge in [0.05, 0.1) is 26.4 Å². The molecule has 0 saturated carbocycles. The number of carbonyl (C=O) groups excluding carboxylic acids is 3. The zero-order valence-corrected chi connectivity index (χ0v) is 59.9. The first kappa shape index (κ1) is 89.2. The number of aliphatic hydroxyl groups excluding tert-OH is 2. The van der Waals surface area contributed by atoms with Crippen molar-refractivity contribution in [2.45, 2.75) is 309 Å². The second-order valence-electron chi connectivity index (χ2n) is 24.0. The number of aliphatic hydroxyl groups is 2. The van der Waals surface area contributed by atoms with Crippen molar-refractivity contribution >= 4 is 33.6 Å². The topological polar surface area (TPSA) is 231 Å². The Morgan fingerprint density at radius 1 is 0.312 bits per heavy atom. The smallest absolute Gasteiger partial charge is 0.463 e. The number of ether oxygens (including phenoxy) is 3. The van der Waals surface area contributed by atoms with Crippen LogP contribution in [0.2, 0.25) is 0 Å². The van der Waals surface area contributed by atoms with Gasteiger partial charge in [0.15, 0.2) is 6.10 Å². The van der Waals surface area contributed by atoms with Crippen LogP contribution >= 0.6 is 15.6 Å². The lowest BCUT2D eigenvalue weighted by atomic mass is 10.0. The molecule has 18 heteroatoms. The van der Waals surface area contributed by atoms with E-state index in [1.165, 1.54) is 83.5 Å². The number of rotatable bonds is 68. The van der Waals surface area contributed by atoms with Gasteiger partial charge in [0.25, 0.3) is 0 Å². The number of unbranched alkanes of at least 4 members (excludes halogenated alkanes) is 27. The van der Waals surface area contributed by atoms with E-state index < -0.39 is 91.5 Å². The first-order valence-electron chi connectivity index (χ1n) is 36.2. The molecule has 0 heterocycles. The lowest BCUT2D eigenvalue weighted by Gasteiger charge is -2.21. The van der Waals surface area contributed by atoms with E-state index in [1.807, 2.05) is 0 Å². The molecule has 0 aliphatic rings. The third-order valence-corrected chi connectivity index (χ3v) is 16.9. The predicted molar refractivity (Wildman–Crippen MR) is 380 cm³/mol. The minimum atomic E-state index is -4.92. The SMILES string of the molecule is CC/C=C\C/C=C\C/C=C\C/C=C\C/C=C\C/C=C\CCCCCCCCCCCCCCC(=O)OCC(O)COP(=O)(O)OCC(O)COP(=O)(O)OCC(COC(=O)CCCCCCC/C=C\C/C=C\CCCCC)OC(=O)CCCCCCC/C=C\CCCC. The van der Waals surface area contributed by atoms with Crippen LogP contribution in [0.4, 0.5) is 0 Å². The Morgan fingerprint density at radius 3 is 0.946 bits per heavy atom. The van der Waals surface area contributed by atoms with E-state index in [0.29, 0.717) is 19.3 Å². The first-order valence-corrected chi connectivity index (χ1v) is 39.2. The summed E-state index contributed by atoms with van der Waals surface area (Å²) in [6, 6.07) is 0. The molecule has 0 radical (unpaired) electrons. The number of carbonyl (C=O) groups is 3. The average molecular weight is 1350 g/mol. The standard InChI is InChI=1S/C75H130O16P2/c1-4-7-10-13-16-19-22-24-26-27-28-29-30-31-32-33-34-35-36-37-38-39-40-41-43-45-47-49-52-55-58-61-73(78)85-64-70(76)65-87-92(81,82)88-66-71(77)67-89-93(83,84)90-69-72(91-75(80)63-60-57-54-51-46-21-18-15-12-9-6-3)68-86-74(79)62-59-56-53-50-48-44-42-25-23-20-17-14-11-8-5-2/h7,10,15-20,24-26,28-29,31-32,34-35,42,70-72,76-77H,4-6,8-9,11-14,21-23,27,30,33,36-41,43-69H2,1-3H3,(H,81,82)(H,83,84)/b10-7-,18-15-,19-16-,20-17-,26-24-,29-28-,32-31-,35-34-,42-25-. The van der Waals surface area contributed by atoms with E-state index in [1.54, 1.807) is 0 Å². The molecule has 0 rings (SSSR count). The van der Waals surface area contributed by atoms with Gasteiger partial charge >= 0.3 is 33.6 Å². The van der Waals surface area contributed by atoms with Crippen molar-refractivity contribution in [1.29, 1.82) is 0 Å². The number of hydrogen-bond donors (Lipinski definition) is 4. The quantitative estimate of drug-likeness (QED) is 0.0146. The third-order valence-electron chi connectivity index (χ3n) is 15.0. The Bertz CT molecular complexity index is 2130. The van der Waals surface area contributed by atoms with Crippen LogP contribution in [0.1, 0.15) is 290 Å². The Balaban J connectivity index is 4.39. The van der Waals surface area contributed by atoms with E-state index >= 15 is 0 Å². The number of allylic oxidation sites excluding steroid dienone is 18. The Kier molecular flexibility index (Phi) is 65.4. The highest BCUT2D eigenvalue weighted by Crippen LogP contribution is 2.45. The zero-order chi connectivity index (χ0) is 68.1. The summed E-state index contributed by atoms with van der Waals surface area (Å²) in [6.45, 7) is 2.46. The van der Waals surface area contributed by atoms with Gasteiger partial charge in [0.1, 0.15) is 25.4 Å². The average Bonchev–Trinajstić information content (AvgIpc) is 2.38. The van der Waals surface area contributed by atoms with E-state index in [9.17, 15) is 43.5 Å². The van der Waals surface area contributed by atoms with Gasteiger partial charge in [0, 0.05) is 19.3 Å². The van der Waals surface area contributed by atoms with Crippen molar-refractivity contribution < 1.29 is 75.8 Å².